The summed E-state index contributed by atoms with van der Waals surface area (Å²) in [5.74, 6) is 0.514. The number of nitrogens with one attached hydrogen (secondary N) is 2. The molecule has 276 valence electrons. The fourth-order valence-corrected chi connectivity index (χ4v) is 8.17. The number of hydrogen-bond acceptors (Lipinski definition) is 8. The van der Waals surface area contributed by atoms with Crippen molar-refractivity contribution in [3.8, 4) is 12.3 Å². The van der Waals surface area contributed by atoms with E-state index >= 15 is 0 Å². The number of benzene rings is 1. The van der Waals surface area contributed by atoms with Gasteiger partial charge in [0, 0.05) is 39.6 Å². The van der Waals surface area contributed by atoms with E-state index in [4.69, 9.17) is 11.2 Å². The Kier molecular flexibility index (Phi) is 17.5. The number of terminal acetylenes is 1. The minimum atomic E-state index is -3.84. The molecule has 0 radical (unpaired) electrons. The summed E-state index contributed by atoms with van der Waals surface area (Å²) >= 11 is 0. The molecule has 1 saturated heterocycles. The monoisotopic (exact) mass is 704 g/mol. The predicted octanol–water partition coefficient (Wildman–Crippen LogP) is 2.56. The number of carbonyl (C=O) groups is 2. The fraction of sp³-hybridized carbons (Fsp3) is 0.730. The standard InChI is InChI=1S/C37H60N4O7S/c1-5-6-17-32(37(45)39-33(26-30-15-11-8-12-16-30)35(43)34(42)24-28(2)3)38-36(44)31(25-29-13-9-7-10-14-29)27-49(46,47)40(4)18-19-41-20-22-48-23-21-41/h1,7,9-10,13-14,28,30-35,42-43H,6,8,11-12,15-27H2,2-4H3,(H,38,44)(H,39,45)/t31?,32-,33-,34-,35+/m0/s1. The first-order valence-corrected chi connectivity index (χ1v) is 19.7. The summed E-state index contributed by atoms with van der Waals surface area (Å²) in [6.45, 7) is 7.47. The third kappa shape index (κ3) is 14.3. The number of sulfonamides is 1. The Morgan fingerprint density at radius 2 is 1.73 bits per heavy atom. The van der Waals surface area contributed by atoms with Crippen LogP contribution in [0.25, 0.3) is 0 Å². The number of rotatable bonds is 20. The molecule has 1 aromatic rings. The van der Waals surface area contributed by atoms with E-state index in [0.717, 1.165) is 50.8 Å². The molecule has 0 aromatic heterocycles. The molecule has 11 nitrogen and oxygen atoms in total. The first-order chi connectivity index (χ1) is 23.4. The molecule has 1 aliphatic carbocycles. The summed E-state index contributed by atoms with van der Waals surface area (Å²) < 4.78 is 33.9. The van der Waals surface area contributed by atoms with Crippen LogP contribution in [0, 0.1) is 30.1 Å². The van der Waals surface area contributed by atoms with Crippen molar-refractivity contribution in [2.75, 3.05) is 52.2 Å². The van der Waals surface area contributed by atoms with Crippen LogP contribution < -0.4 is 10.6 Å². The number of ether oxygens (including phenoxy) is 1. The number of nitrogens with zero attached hydrogens (tertiary/aromatic N) is 2. The van der Waals surface area contributed by atoms with Crippen LogP contribution in [0.15, 0.2) is 30.3 Å². The molecule has 4 N–H and O–H groups in total. The van der Waals surface area contributed by atoms with E-state index in [1.807, 2.05) is 44.2 Å². The molecule has 0 bridgehead atoms. The van der Waals surface area contributed by atoms with E-state index in [-0.39, 0.29) is 31.7 Å². The number of aliphatic hydroxyl groups is 2. The average molecular weight is 705 g/mol. The van der Waals surface area contributed by atoms with Crippen LogP contribution in [0.1, 0.15) is 77.2 Å². The molecular weight excluding hydrogens is 644 g/mol. The van der Waals surface area contributed by atoms with Gasteiger partial charge in [-0.25, -0.2) is 12.7 Å². The maximum absolute atomic E-state index is 14.0. The molecule has 12 heteroatoms. The maximum atomic E-state index is 14.0. The number of amides is 2. The summed E-state index contributed by atoms with van der Waals surface area (Å²) in [6.07, 6.45) is 10.1. The average Bonchev–Trinajstić information content (AvgIpc) is 3.08. The molecule has 2 fully saturated rings. The second kappa shape index (κ2) is 21.0. The number of aliphatic hydroxyl groups excluding tert-OH is 2. The van der Waals surface area contributed by atoms with Gasteiger partial charge in [-0.05, 0) is 43.1 Å². The molecule has 49 heavy (non-hydrogen) atoms. The minimum absolute atomic E-state index is 0.138. The van der Waals surface area contributed by atoms with E-state index < -0.39 is 57.8 Å². The van der Waals surface area contributed by atoms with Crippen molar-refractivity contribution in [1.29, 1.82) is 0 Å². The Bertz CT molecular complexity index is 1280. The van der Waals surface area contributed by atoms with Gasteiger partial charge in [0.15, 0.2) is 0 Å². The molecule has 1 unspecified atom stereocenters. The van der Waals surface area contributed by atoms with Crippen LogP contribution in [-0.2, 0) is 30.8 Å². The van der Waals surface area contributed by atoms with Crippen molar-refractivity contribution < 1.29 is 33.0 Å². The van der Waals surface area contributed by atoms with Gasteiger partial charge in [0.1, 0.15) is 12.1 Å². The molecular formula is C37H60N4O7S. The zero-order valence-electron chi connectivity index (χ0n) is 29.8. The number of likely N-dealkylation sites (N-methyl/N-ethyl adjacent to an activating group) is 1. The first kappa shape index (κ1) is 40.9. The molecule has 5 atom stereocenters. The highest BCUT2D eigenvalue weighted by molar-refractivity contribution is 7.89. The van der Waals surface area contributed by atoms with Crippen LogP contribution in [0.3, 0.4) is 0 Å². The van der Waals surface area contributed by atoms with Crippen LogP contribution in [0.2, 0.25) is 0 Å². The smallest absolute Gasteiger partial charge is 0.242 e. The molecule has 2 aliphatic rings. The summed E-state index contributed by atoms with van der Waals surface area (Å²) in [5, 5.41) is 27.9. The molecule has 1 saturated carbocycles. The lowest BCUT2D eigenvalue weighted by atomic mass is 9.82. The van der Waals surface area contributed by atoms with Crippen molar-refractivity contribution in [2.45, 2.75) is 102 Å². The molecule has 3 rings (SSSR count). The Labute approximate surface area is 294 Å². The van der Waals surface area contributed by atoms with Gasteiger partial charge in [-0.15, -0.1) is 12.3 Å². The van der Waals surface area contributed by atoms with Gasteiger partial charge in [-0.1, -0.05) is 76.3 Å². The van der Waals surface area contributed by atoms with E-state index in [1.54, 1.807) is 0 Å². The minimum Gasteiger partial charge on any atom is -0.390 e. The normalized spacial score (nSPS) is 19.5. The maximum Gasteiger partial charge on any atom is 0.242 e. The van der Waals surface area contributed by atoms with Gasteiger partial charge in [-0.2, -0.15) is 0 Å². The van der Waals surface area contributed by atoms with Crippen LogP contribution >= 0.6 is 0 Å². The highest BCUT2D eigenvalue weighted by Gasteiger charge is 2.35. The Morgan fingerprint density at radius 1 is 1.06 bits per heavy atom. The lowest BCUT2D eigenvalue weighted by Crippen LogP contribution is -2.56. The Hall–Kier alpha value is -2.53. The van der Waals surface area contributed by atoms with Crippen molar-refractivity contribution in [3.63, 3.8) is 0 Å². The Balaban J connectivity index is 1.78. The zero-order chi connectivity index (χ0) is 35.8. The largest absolute Gasteiger partial charge is 0.390 e. The van der Waals surface area contributed by atoms with Crippen LogP contribution in [0.5, 0.6) is 0 Å². The van der Waals surface area contributed by atoms with Crippen LogP contribution in [0.4, 0.5) is 0 Å². The quantitative estimate of drug-likeness (QED) is 0.152. The molecule has 1 aliphatic heterocycles. The summed E-state index contributed by atoms with van der Waals surface area (Å²) in [5.41, 5.74) is 0.799. The van der Waals surface area contributed by atoms with Gasteiger partial charge in [0.05, 0.1) is 37.0 Å². The highest BCUT2D eigenvalue weighted by atomic mass is 32.2. The highest BCUT2D eigenvalue weighted by Crippen LogP contribution is 2.29. The summed E-state index contributed by atoms with van der Waals surface area (Å²) in [4.78, 5) is 30.0. The van der Waals surface area contributed by atoms with Crippen molar-refractivity contribution >= 4 is 21.8 Å². The second-order valence-corrected chi connectivity index (χ2v) is 16.4. The molecule has 1 heterocycles. The Morgan fingerprint density at radius 3 is 2.37 bits per heavy atom. The molecule has 0 spiro atoms. The van der Waals surface area contributed by atoms with Gasteiger partial charge < -0.3 is 25.6 Å². The van der Waals surface area contributed by atoms with Gasteiger partial charge in [0.25, 0.3) is 0 Å². The van der Waals surface area contributed by atoms with Gasteiger partial charge >= 0.3 is 0 Å². The van der Waals surface area contributed by atoms with Gasteiger partial charge in [0.2, 0.25) is 21.8 Å². The van der Waals surface area contributed by atoms with E-state index in [0.29, 0.717) is 38.5 Å². The topological polar surface area (TPSA) is 149 Å². The molecule has 2 amide bonds. The van der Waals surface area contributed by atoms with Crippen molar-refractivity contribution in [3.05, 3.63) is 35.9 Å². The lowest BCUT2D eigenvalue weighted by Gasteiger charge is -2.34. The summed E-state index contributed by atoms with van der Waals surface area (Å²) in [7, 11) is -2.31. The van der Waals surface area contributed by atoms with Gasteiger partial charge in [-0.3, -0.25) is 14.5 Å². The lowest BCUT2D eigenvalue weighted by molar-refractivity contribution is -0.132. The number of morpholine rings is 1. The SMILES string of the molecule is C#CCC[C@H](NC(=O)C(Cc1ccccc1)CS(=O)(=O)N(C)CCN1CCOCC1)C(=O)N[C@@H](CC1CCCCC1)[C@@H](O)[C@@H](O)CC(C)C. The predicted molar refractivity (Wildman–Crippen MR) is 192 cm³/mol. The zero-order valence-corrected chi connectivity index (χ0v) is 30.6. The molecule has 1 aromatic carbocycles. The second-order valence-electron chi connectivity index (χ2n) is 14.3. The fourth-order valence-electron chi connectivity index (χ4n) is 6.78. The number of carbonyl (C=O) groups excluding carboxylic acids is 2. The number of hydrogen-bond donors (Lipinski definition) is 4. The van der Waals surface area contributed by atoms with E-state index in [1.165, 1.54) is 11.4 Å². The van der Waals surface area contributed by atoms with E-state index in [9.17, 15) is 28.2 Å². The van der Waals surface area contributed by atoms with Crippen LogP contribution in [-0.4, -0.2) is 116 Å². The van der Waals surface area contributed by atoms with Crippen molar-refractivity contribution in [2.24, 2.45) is 17.8 Å². The van der Waals surface area contributed by atoms with E-state index in [2.05, 4.69) is 21.5 Å². The third-order valence-corrected chi connectivity index (χ3v) is 11.7. The summed E-state index contributed by atoms with van der Waals surface area (Å²) in [6, 6.07) is 7.45. The third-order valence-electron chi connectivity index (χ3n) is 9.79. The van der Waals surface area contributed by atoms with Crippen molar-refractivity contribution in [1.82, 2.24) is 19.8 Å². The first-order valence-electron chi connectivity index (χ1n) is 18.1.